The molecule has 10 heteroatoms. The van der Waals surface area contributed by atoms with Gasteiger partial charge in [-0.2, -0.15) is 0 Å². The van der Waals surface area contributed by atoms with Crippen molar-refractivity contribution in [3.05, 3.63) is 48.4 Å². The molecule has 1 aliphatic heterocycles. The molecule has 1 aromatic heterocycles. The number of amides is 2. The summed E-state index contributed by atoms with van der Waals surface area (Å²) in [6.45, 7) is 1.80. The predicted octanol–water partition coefficient (Wildman–Crippen LogP) is 4.03. The van der Waals surface area contributed by atoms with E-state index in [1.165, 1.54) is 23.1 Å². The summed E-state index contributed by atoms with van der Waals surface area (Å²) in [4.78, 5) is 30.8. The lowest BCUT2D eigenvalue weighted by Gasteiger charge is -2.17. The molecule has 0 aliphatic carbocycles. The molecular weight excluding hydrogens is 403 g/mol. The summed E-state index contributed by atoms with van der Waals surface area (Å²) < 4.78 is 47.0. The maximum Gasteiger partial charge on any atom is 0.573 e. The first-order valence-corrected chi connectivity index (χ1v) is 9.03. The largest absolute Gasteiger partial charge is 0.573 e. The molecule has 1 aliphatic rings. The third-order valence-corrected chi connectivity index (χ3v) is 4.66. The smallest absolute Gasteiger partial charge is 0.441 e. The number of rotatable bonds is 4. The number of halogens is 3. The Balaban J connectivity index is 1.49. The number of ether oxygens (including phenoxy) is 1. The zero-order chi connectivity index (χ0) is 21.5. The lowest BCUT2D eigenvalue weighted by Crippen LogP contribution is -2.28. The first-order valence-electron chi connectivity index (χ1n) is 9.03. The van der Waals surface area contributed by atoms with E-state index < -0.39 is 23.9 Å². The van der Waals surface area contributed by atoms with Crippen molar-refractivity contribution in [2.75, 3.05) is 16.8 Å². The predicted molar refractivity (Wildman–Crippen MR) is 101 cm³/mol. The number of para-hydroxylation sites is 2. The number of hydrogen-bond donors (Lipinski definition) is 1. The lowest BCUT2D eigenvalue weighted by atomic mass is 10.1. The van der Waals surface area contributed by atoms with E-state index in [1.54, 1.807) is 25.1 Å². The Kier molecular flexibility index (Phi) is 4.84. The second-order valence-corrected chi connectivity index (χ2v) is 6.82. The van der Waals surface area contributed by atoms with E-state index >= 15 is 0 Å². The Morgan fingerprint density at radius 3 is 2.80 bits per heavy atom. The second-order valence-electron chi connectivity index (χ2n) is 6.82. The molecule has 7 nitrogen and oxygen atoms in total. The van der Waals surface area contributed by atoms with E-state index in [2.05, 4.69) is 15.0 Å². The minimum Gasteiger partial charge on any atom is -0.441 e. The quantitative estimate of drug-likeness (QED) is 0.690. The number of alkyl halides is 3. The Labute approximate surface area is 168 Å². The number of fused-ring (bicyclic) bond motifs is 1. The first-order chi connectivity index (χ1) is 14.2. The van der Waals surface area contributed by atoms with Gasteiger partial charge in [-0.3, -0.25) is 9.59 Å². The van der Waals surface area contributed by atoms with Gasteiger partial charge in [0.15, 0.2) is 17.2 Å². The number of aryl methyl sites for hydroxylation is 1. The number of anilines is 2. The molecule has 0 bridgehead atoms. The van der Waals surface area contributed by atoms with Crippen molar-refractivity contribution in [1.82, 2.24) is 4.98 Å². The van der Waals surface area contributed by atoms with Gasteiger partial charge >= 0.3 is 6.36 Å². The van der Waals surface area contributed by atoms with E-state index in [-0.39, 0.29) is 24.6 Å². The molecule has 3 aromatic rings. The van der Waals surface area contributed by atoms with Gasteiger partial charge in [0, 0.05) is 25.6 Å². The Morgan fingerprint density at radius 2 is 2.03 bits per heavy atom. The van der Waals surface area contributed by atoms with E-state index in [0.29, 0.717) is 22.7 Å². The van der Waals surface area contributed by atoms with E-state index in [1.807, 2.05) is 0 Å². The van der Waals surface area contributed by atoms with Crippen molar-refractivity contribution in [2.24, 2.45) is 5.92 Å². The molecule has 1 saturated heterocycles. The van der Waals surface area contributed by atoms with Crippen LogP contribution in [0.3, 0.4) is 0 Å². The van der Waals surface area contributed by atoms with Gasteiger partial charge in [0.25, 0.3) is 0 Å². The molecule has 0 unspecified atom stereocenters. The van der Waals surface area contributed by atoms with Crippen molar-refractivity contribution in [3.8, 4) is 5.75 Å². The van der Waals surface area contributed by atoms with Gasteiger partial charge in [0.2, 0.25) is 11.8 Å². The van der Waals surface area contributed by atoms with Crippen LogP contribution in [0.25, 0.3) is 11.1 Å². The molecule has 2 amide bonds. The highest BCUT2D eigenvalue weighted by molar-refractivity contribution is 6.04. The summed E-state index contributed by atoms with van der Waals surface area (Å²) in [6, 6.07) is 10.3. The van der Waals surface area contributed by atoms with Crippen LogP contribution in [0, 0.1) is 12.8 Å². The molecule has 30 heavy (non-hydrogen) atoms. The number of hydrogen-bond acceptors (Lipinski definition) is 5. The molecular formula is C20H16F3N3O4. The van der Waals surface area contributed by atoms with Crippen molar-refractivity contribution >= 4 is 34.3 Å². The van der Waals surface area contributed by atoms with E-state index in [0.717, 1.165) is 6.07 Å². The summed E-state index contributed by atoms with van der Waals surface area (Å²) in [6.07, 6.45) is -4.96. The molecule has 4 rings (SSSR count). The number of aromatic nitrogens is 1. The zero-order valence-corrected chi connectivity index (χ0v) is 15.7. The molecule has 1 atom stereocenters. The van der Waals surface area contributed by atoms with Gasteiger partial charge in [0.1, 0.15) is 5.52 Å². The monoisotopic (exact) mass is 419 g/mol. The number of nitrogens with one attached hydrogen (secondary N) is 1. The van der Waals surface area contributed by atoms with Crippen LogP contribution in [0.4, 0.5) is 24.5 Å². The zero-order valence-electron chi connectivity index (χ0n) is 15.7. The number of oxazole rings is 1. The fourth-order valence-electron chi connectivity index (χ4n) is 3.35. The number of carbonyl (C=O) groups excluding carboxylic acids is 2. The average Bonchev–Trinajstić information content (AvgIpc) is 3.23. The highest BCUT2D eigenvalue weighted by Gasteiger charge is 2.36. The normalized spacial score (nSPS) is 16.9. The van der Waals surface area contributed by atoms with Crippen molar-refractivity contribution in [3.63, 3.8) is 0 Å². The summed E-state index contributed by atoms with van der Waals surface area (Å²) in [5.74, 6) is -1.60. The van der Waals surface area contributed by atoms with Gasteiger partial charge in [-0.25, -0.2) is 4.98 Å². The second kappa shape index (κ2) is 7.36. The molecule has 1 N–H and O–H groups in total. The van der Waals surface area contributed by atoms with Gasteiger partial charge in [-0.15, -0.1) is 13.2 Å². The molecule has 156 valence electrons. The third kappa shape index (κ3) is 4.07. The van der Waals surface area contributed by atoms with Crippen molar-refractivity contribution < 1.29 is 31.9 Å². The summed E-state index contributed by atoms with van der Waals surface area (Å²) in [7, 11) is 0. The Morgan fingerprint density at radius 1 is 1.27 bits per heavy atom. The standard InChI is InChI=1S/C20H16F3N3O4/c1-11-24-15-9-13(6-7-16(15)29-11)26-10-12(8-18(26)27)19(28)25-14-4-2-3-5-17(14)30-20(21,22)23/h2-7,9,12H,8,10H2,1H3,(H,25,28)/t12-/m1/s1. The summed E-state index contributed by atoms with van der Waals surface area (Å²) in [5.41, 5.74) is 1.62. The van der Waals surface area contributed by atoms with Crippen LogP contribution in [-0.4, -0.2) is 29.7 Å². The van der Waals surface area contributed by atoms with Crippen LogP contribution in [0.1, 0.15) is 12.3 Å². The average molecular weight is 419 g/mol. The maximum absolute atomic E-state index is 12.6. The highest BCUT2D eigenvalue weighted by Crippen LogP contribution is 2.32. The number of benzene rings is 2. The Hall–Kier alpha value is -3.56. The fraction of sp³-hybridized carbons (Fsp3) is 0.250. The van der Waals surface area contributed by atoms with Crippen LogP contribution in [0.5, 0.6) is 5.75 Å². The third-order valence-electron chi connectivity index (χ3n) is 4.66. The summed E-state index contributed by atoms with van der Waals surface area (Å²) in [5, 5.41) is 2.43. The Bertz CT molecular complexity index is 1130. The minimum atomic E-state index is -4.89. The molecule has 0 saturated carbocycles. The van der Waals surface area contributed by atoms with Crippen LogP contribution in [0.15, 0.2) is 46.9 Å². The van der Waals surface area contributed by atoms with Gasteiger partial charge < -0.3 is 19.4 Å². The lowest BCUT2D eigenvalue weighted by molar-refractivity contribution is -0.274. The van der Waals surface area contributed by atoms with Gasteiger partial charge in [0.05, 0.1) is 11.6 Å². The van der Waals surface area contributed by atoms with E-state index in [9.17, 15) is 22.8 Å². The molecule has 2 heterocycles. The van der Waals surface area contributed by atoms with Crippen molar-refractivity contribution in [2.45, 2.75) is 19.7 Å². The summed E-state index contributed by atoms with van der Waals surface area (Å²) >= 11 is 0. The molecule has 2 aromatic carbocycles. The van der Waals surface area contributed by atoms with Gasteiger partial charge in [-0.05, 0) is 30.3 Å². The van der Waals surface area contributed by atoms with Crippen LogP contribution in [0.2, 0.25) is 0 Å². The SMILES string of the molecule is Cc1nc2cc(N3C[C@H](C(=O)Nc4ccccc4OC(F)(F)F)CC3=O)ccc2o1. The fourth-order valence-corrected chi connectivity index (χ4v) is 3.35. The molecule has 0 spiro atoms. The van der Waals surface area contributed by atoms with Gasteiger partial charge in [-0.1, -0.05) is 12.1 Å². The van der Waals surface area contributed by atoms with Crippen LogP contribution in [-0.2, 0) is 9.59 Å². The molecule has 1 fully saturated rings. The minimum absolute atomic E-state index is 0.0655. The topological polar surface area (TPSA) is 84.7 Å². The number of nitrogens with zero attached hydrogens (tertiary/aromatic N) is 2. The van der Waals surface area contributed by atoms with Crippen LogP contribution < -0.4 is 15.0 Å². The van der Waals surface area contributed by atoms with Crippen LogP contribution >= 0.6 is 0 Å². The highest BCUT2D eigenvalue weighted by atomic mass is 19.4. The number of carbonyl (C=O) groups is 2. The van der Waals surface area contributed by atoms with Crippen molar-refractivity contribution in [1.29, 1.82) is 0 Å². The maximum atomic E-state index is 12.6. The van der Waals surface area contributed by atoms with E-state index in [4.69, 9.17) is 4.42 Å². The first kappa shape index (κ1) is 19.7. The molecule has 0 radical (unpaired) electrons.